The standard InChI is InChI=1S/C19H17NO5S/c1-3-11-7-14-12(8-17(22)25-16(14)9-15(11)21)10-24-19(23)13-5-4-6-20-18(13)26-2/h4-9,21H,3,10H2,1-2H3. The smallest absolute Gasteiger partial charge is 0.341 e. The van der Waals surface area contributed by atoms with Crippen molar-refractivity contribution >= 4 is 28.7 Å². The first-order valence-corrected chi connectivity index (χ1v) is 9.20. The number of carbonyl (C=O) groups is 1. The maximum atomic E-state index is 12.4. The Bertz CT molecular complexity index is 1030. The number of benzene rings is 1. The van der Waals surface area contributed by atoms with E-state index in [0.29, 0.717) is 28.0 Å². The highest BCUT2D eigenvalue weighted by Gasteiger charge is 2.15. The summed E-state index contributed by atoms with van der Waals surface area (Å²) in [7, 11) is 0. The largest absolute Gasteiger partial charge is 0.508 e. The minimum Gasteiger partial charge on any atom is -0.508 e. The van der Waals surface area contributed by atoms with E-state index in [0.717, 1.165) is 5.56 Å². The molecule has 0 aliphatic carbocycles. The summed E-state index contributed by atoms with van der Waals surface area (Å²) < 4.78 is 10.5. The molecule has 0 spiro atoms. The fourth-order valence-corrected chi connectivity index (χ4v) is 3.18. The quantitative estimate of drug-likeness (QED) is 0.417. The van der Waals surface area contributed by atoms with Crippen LogP contribution in [0.3, 0.4) is 0 Å². The molecule has 26 heavy (non-hydrogen) atoms. The number of esters is 1. The van der Waals surface area contributed by atoms with Crippen molar-refractivity contribution in [1.82, 2.24) is 4.98 Å². The number of hydrogen-bond acceptors (Lipinski definition) is 7. The van der Waals surface area contributed by atoms with Gasteiger partial charge in [-0.2, -0.15) is 0 Å². The number of nitrogens with zero attached hydrogens (tertiary/aromatic N) is 1. The number of aromatic hydroxyl groups is 1. The van der Waals surface area contributed by atoms with Gasteiger partial charge in [0.05, 0.1) is 5.56 Å². The molecule has 0 saturated heterocycles. The fourth-order valence-electron chi connectivity index (χ4n) is 2.64. The van der Waals surface area contributed by atoms with Gasteiger partial charge in [0.2, 0.25) is 0 Å². The van der Waals surface area contributed by atoms with Gasteiger partial charge in [-0.25, -0.2) is 14.6 Å². The summed E-state index contributed by atoms with van der Waals surface area (Å²) in [6, 6.07) is 7.76. The maximum Gasteiger partial charge on any atom is 0.341 e. The van der Waals surface area contributed by atoms with Gasteiger partial charge < -0.3 is 14.3 Å². The Kier molecular flexibility index (Phi) is 5.27. The van der Waals surface area contributed by atoms with E-state index in [1.54, 1.807) is 24.4 Å². The summed E-state index contributed by atoms with van der Waals surface area (Å²) in [6.45, 7) is 1.82. The molecule has 0 radical (unpaired) electrons. The minimum absolute atomic E-state index is 0.0669. The zero-order chi connectivity index (χ0) is 18.7. The highest BCUT2D eigenvalue weighted by atomic mass is 32.2. The number of ether oxygens (including phenoxy) is 1. The number of phenols is 1. The van der Waals surface area contributed by atoms with Crippen LogP contribution in [0.5, 0.6) is 5.75 Å². The van der Waals surface area contributed by atoms with Crippen molar-refractivity contribution in [3.8, 4) is 5.75 Å². The van der Waals surface area contributed by atoms with E-state index in [9.17, 15) is 14.7 Å². The Balaban J connectivity index is 1.93. The molecular weight excluding hydrogens is 354 g/mol. The van der Waals surface area contributed by atoms with Crippen LogP contribution in [0.15, 0.2) is 50.8 Å². The van der Waals surface area contributed by atoms with E-state index >= 15 is 0 Å². The lowest BCUT2D eigenvalue weighted by atomic mass is 10.0. The molecule has 2 aromatic heterocycles. The van der Waals surface area contributed by atoms with Crippen LogP contribution in [0.4, 0.5) is 0 Å². The molecule has 1 N–H and O–H groups in total. The van der Waals surface area contributed by atoms with Crippen molar-refractivity contribution in [3.05, 3.63) is 63.6 Å². The van der Waals surface area contributed by atoms with Crippen molar-refractivity contribution in [2.45, 2.75) is 25.0 Å². The van der Waals surface area contributed by atoms with Crippen molar-refractivity contribution in [2.75, 3.05) is 6.26 Å². The van der Waals surface area contributed by atoms with Gasteiger partial charge in [0.1, 0.15) is 23.0 Å². The third-order valence-corrected chi connectivity index (χ3v) is 4.67. The van der Waals surface area contributed by atoms with Crippen LogP contribution in [0.1, 0.15) is 28.4 Å². The molecular formula is C19H17NO5S. The molecule has 1 aromatic carbocycles. The summed E-state index contributed by atoms with van der Waals surface area (Å²) in [4.78, 5) is 28.3. The number of fused-ring (bicyclic) bond motifs is 1. The lowest BCUT2D eigenvalue weighted by molar-refractivity contribution is 0.0468. The molecule has 7 heteroatoms. The Morgan fingerprint density at radius 2 is 2.12 bits per heavy atom. The number of hydrogen-bond donors (Lipinski definition) is 1. The van der Waals surface area contributed by atoms with Crippen LogP contribution in [0.25, 0.3) is 11.0 Å². The summed E-state index contributed by atoms with van der Waals surface area (Å²) in [5.41, 5.74) is 1.30. The van der Waals surface area contributed by atoms with Crippen LogP contribution >= 0.6 is 11.8 Å². The SMILES string of the molecule is CCc1cc2c(COC(=O)c3cccnc3SC)cc(=O)oc2cc1O. The van der Waals surface area contributed by atoms with Crippen molar-refractivity contribution in [2.24, 2.45) is 0 Å². The molecule has 0 unspecified atom stereocenters. The number of aryl methyl sites for hydroxylation is 1. The molecule has 3 aromatic rings. The van der Waals surface area contributed by atoms with Crippen LogP contribution in [0.2, 0.25) is 0 Å². The highest BCUT2D eigenvalue weighted by molar-refractivity contribution is 7.98. The average Bonchev–Trinajstić information content (AvgIpc) is 2.65. The average molecular weight is 371 g/mol. The van der Waals surface area contributed by atoms with Gasteiger partial charge in [-0.3, -0.25) is 0 Å². The number of aromatic nitrogens is 1. The summed E-state index contributed by atoms with van der Waals surface area (Å²) >= 11 is 1.35. The minimum atomic E-state index is -0.571. The van der Waals surface area contributed by atoms with Crippen molar-refractivity contribution < 1.29 is 19.1 Å². The second-order valence-electron chi connectivity index (χ2n) is 5.56. The number of rotatable bonds is 5. The number of pyridine rings is 1. The molecule has 0 fully saturated rings. The zero-order valence-corrected chi connectivity index (χ0v) is 15.1. The van der Waals surface area contributed by atoms with E-state index in [-0.39, 0.29) is 17.9 Å². The topological polar surface area (TPSA) is 89.6 Å². The lowest BCUT2D eigenvalue weighted by Gasteiger charge is -2.10. The van der Waals surface area contributed by atoms with E-state index in [1.165, 1.54) is 23.9 Å². The second-order valence-corrected chi connectivity index (χ2v) is 6.35. The Hall–Kier alpha value is -2.80. The van der Waals surface area contributed by atoms with Crippen LogP contribution in [-0.4, -0.2) is 22.3 Å². The Morgan fingerprint density at radius 1 is 1.31 bits per heavy atom. The van der Waals surface area contributed by atoms with Gasteiger partial charge in [0.25, 0.3) is 0 Å². The predicted molar refractivity (Wildman–Crippen MR) is 98.7 cm³/mol. The van der Waals surface area contributed by atoms with Crippen LogP contribution < -0.4 is 5.63 Å². The second kappa shape index (κ2) is 7.61. The third-order valence-electron chi connectivity index (χ3n) is 3.95. The summed E-state index contributed by atoms with van der Waals surface area (Å²) in [5, 5.41) is 11.2. The normalized spacial score (nSPS) is 10.8. The number of carbonyl (C=O) groups excluding carboxylic acids is 1. The monoisotopic (exact) mass is 371 g/mol. The van der Waals surface area contributed by atoms with Gasteiger partial charge in [-0.1, -0.05) is 6.92 Å². The van der Waals surface area contributed by atoms with E-state index in [1.807, 2.05) is 13.2 Å². The molecule has 0 atom stereocenters. The van der Waals surface area contributed by atoms with Gasteiger partial charge in [0, 0.05) is 29.3 Å². The first-order chi connectivity index (χ1) is 12.5. The van der Waals surface area contributed by atoms with Crippen LogP contribution in [0, 0.1) is 0 Å². The molecule has 0 saturated carbocycles. The lowest BCUT2D eigenvalue weighted by Crippen LogP contribution is -2.09. The molecule has 2 heterocycles. The zero-order valence-electron chi connectivity index (χ0n) is 14.3. The molecule has 134 valence electrons. The maximum absolute atomic E-state index is 12.4. The van der Waals surface area contributed by atoms with Crippen molar-refractivity contribution in [1.29, 1.82) is 0 Å². The van der Waals surface area contributed by atoms with Gasteiger partial charge in [-0.15, -0.1) is 11.8 Å². The van der Waals surface area contributed by atoms with E-state index in [2.05, 4.69) is 4.98 Å². The molecule has 6 nitrogen and oxygen atoms in total. The molecule has 0 amide bonds. The predicted octanol–water partition coefficient (Wildman–Crippen LogP) is 3.53. The van der Waals surface area contributed by atoms with Gasteiger partial charge >= 0.3 is 11.6 Å². The first kappa shape index (κ1) is 18.0. The molecule has 0 aliphatic rings. The summed E-state index contributed by atoms with van der Waals surface area (Å²) in [5.74, 6) is -0.449. The molecule has 0 aliphatic heterocycles. The summed E-state index contributed by atoms with van der Waals surface area (Å²) in [6.07, 6.45) is 4.05. The van der Waals surface area contributed by atoms with Gasteiger partial charge in [-0.05, 0) is 36.4 Å². The van der Waals surface area contributed by atoms with Crippen LogP contribution in [-0.2, 0) is 17.8 Å². The highest BCUT2D eigenvalue weighted by Crippen LogP contribution is 2.27. The Labute approximate surface area is 153 Å². The molecule has 3 rings (SSSR count). The number of thioether (sulfide) groups is 1. The van der Waals surface area contributed by atoms with E-state index < -0.39 is 11.6 Å². The fraction of sp³-hybridized carbons (Fsp3) is 0.211. The molecule has 0 bridgehead atoms. The van der Waals surface area contributed by atoms with E-state index in [4.69, 9.17) is 9.15 Å². The van der Waals surface area contributed by atoms with Gasteiger partial charge in [0.15, 0.2) is 0 Å². The van der Waals surface area contributed by atoms with Crippen molar-refractivity contribution in [3.63, 3.8) is 0 Å². The Morgan fingerprint density at radius 3 is 2.85 bits per heavy atom. The first-order valence-electron chi connectivity index (χ1n) is 7.98. The number of phenolic OH excluding ortho intramolecular Hbond substituents is 1. The third kappa shape index (κ3) is 3.57.